The molecule has 1 aliphatic heterocycles. The molecule has 36 heavy (non-hydrogen) atoms. The van der Waals surface area contributed by atoms with E-state index in [1.165, 1.54) is 17.7 Å². The number of aryl methyl sites for hydroxylation is 1. The van der Waals surface area contributed by atoms with E-state index in [0.29, 0.717) is 38.0 Å². The van der Waals surface area contributed by atoms with E-state index in [4.69, 9.17) is 0 Å². The third-order valence-corrected chi connectivity index (χ3v) is 6.84. The van der Waals surface area contributed by atoms with Gasteiger partial charge in [-0.3, -0.25) is 0 Å². The van der Waals surface area contributed by atoms with Gasteiger partial charge >= 0.3 is 6.03 Å². The molecule has 5 nitrogen and oxygen atoms in total. The number of aliphatic hydroxyl groups is 1. The van der Waals surface area contributed by atoms with Crippen LogP contribution in [0.1, 0.15) is 70.6 Å². The molecule has 2 amide bonds. The summed E-state index contributed by atoms with van der Waals surface area (Å²) in [5, 5.41) is 17.4. The summed E-state index contributed by atoms with van der Waals surface area (Å²) in [7, 11) is 0. The lowest BCUT2D eigenvalue weighted by Crippen LogP contribution is -2.59. The molecule has 2 aromatic rings. The van der Waals surface area contributed by atoms with Crippen molar-refractivity contribution in [3.63, 3.8) is 0 Å². The highest BCUT2D eigenvalue weighted by Crippen LogP contribution is 2.34. The van der Waals surface area contributed by atoms with Gasteiger partial charge in [-0.2, -0.15) is 0 Å². The minimum atomic E-state index is -0.709. The largest absolute Gasteiger partial charge is 0.392 e. The molecule has 2 aromatic carbocycles. The van der Waals surface area contributed by atoms with Gasteiger partial charge in [-0.05, 0) is 73.8 Å². The minimum Gasteiger partial charge on any atom is -0.392 e. The lowest BCUT2D eigenvalue weighted by molar-refractivity contribution is 0.103. The van der Waals surface area contributed by atoms with Crippen LogP contribution >= 0.6 is 0 Å². The molecular formula is C29H41F2N3O2. The Labute approximate surface area is 214 Å². The van der Waals surface area contributed by atoms with Crippen LogP contribution in [-0.4, -0.2) is 47.8 Å². The molecule has 1 saturated heterocycles. The molecule has 0 bridgehead atoms. The number of benzene rings is 2. The van der Waals surface area contributed by atoms with Gasteiger partial charge in [0.2, 0.25) is 0 Å². The van der Waals surface area contributed by atoms with Crippen molar-refractivity contribution < 1.29 is 18.7 Å². The number of rotatable bonds is 8. The fourth-order valence-corrected chi connectivity index (χ4v) is 4.84. The first-order valence-corrected chi connectivity index (χ1v) is 12.9. The number of nitrogens with zero attached hydrogens (tertiary/aromatic N) is 1. The van der Waals surface area contributed by atoms with E-state index < -0.39 is 23.3 Å². The second-order valence-electron chi connectivity index (χ2n) is 11.4. The molecular weight excluding hydrogens is 460 g/mol. The third kappa shape index (κ3) is 7.50. The molecule has 3 N–H and O–H groups in total. The molecule has 1 heterocycles. The summed E-state index contributed by atoms with van der Waals surface area (Å²) in [5.41, 5.74) is 2.28. The Balaban J connectivity index is 1.79. The zero-order valence-corrected chi connectivity index (χ0v) is 22.2. The number of hydrogen-bond acceptors (Lipinski definition) is 3. The van der Waals surface area contributed by atoms with E-state index >= 15 is 0 Å². The van der Waals surface area contributed by atoms with Gasteiger partial charge < -0.3 is 20.6 Å². The summed E-state index contributed by atoms with van der Waals surface area (Å²) in [6, 6.07) is 11.9. The maximum Gasteiger partial charge on any atom is 0.317 e. The van der Waals surface area contributed by atoms with Crippen molar-refractivity contribution in [3.8, 4) is 0 Å². The predicted molar refractivity (Wildman–Crippen MR) is 140 cm³/mol. The summed E-state index contributed by atoms with van der Waals surface area (Å²) in [4.78, 5) is 14.7. The van der Waals surface area contributed by atoms with Gasteiger partial charge in [0, 0.05) is 31.7 Å². The molecule has 0 aromatic heterocycles. The average Bonchev–Trinajstić information content (AvgIpc) is 2.80. The first-order valence-electron chi connectivity index (χ1n) is 12.9. The highest BCUT2D eigenvalue weighted by molar-refractivity contribution is 5.74. The van der Waals surface area contributed by atoms with Crippen molar-refractivity contribution in [2.75, 3.05) is 19.6 Å². The second-order valence-corrected chi connectivity index (χ2v) is 11.4. The fourth-order valence-electron chi connectivity index (χ4n) is 4.84. The first kappa shape index (κ1) is 28.1. The van der Waals surface area contributed by atoms with Crippen LogP contribution in [0.5, 0.6) is 0 Å². The van der Waals surface area contributed by atoms with Gasteiger partial charge in [0.25, 0.3) is 0 Å². The van der Waals surface area contributed by atoms with Crippen molar-refractivity contribution in [2.45, 2.75) is 83.4 Å². The summed E-state index contributed by atoms with van der Waals surface area (Å²) >= 11 is 0. The maximum absolute atomic E-state index is 13.5. The van der Waals surface area contributed by atoms with E-state index in [2.05, 4.69) is 55.7 Å². The van der Waals surface area contributed by atoms with E-state index in [9.17, 15) is 18.7 Å². The highest BCUT2D eigenvalue weighted by Gasteiger charge is 2.39. The van der Waals surface area contributed by atoms with Crippen LogP contribution in [0, 0.1) is 11.6 Å². The molecule has 1 fully saturated rings. The van der Waals surface area contributed by atoms with E-state index in [-0.39, 0.29) is 17.5 Å². The lowest BCUT2D eigenvalue weighted by Gasteiger charge is -2.45. The van der Waals surface area contributed by atoms with Crippen LogP contribution in [0.4, 0.5) is 13.6 Å². The number of urea groups is 1. The van der Waals surface area contributed by atoms with Gasteiger partial charge in [-0.15, -0.1) is 0 Å². The second kappa shape index (κ2) is 11.7. The standard InChI is InChI=1S/C29H41F2N3O2/c1-20(2)33-27(36)34-13-7-12-29(19-34,23-9-6-8-22(16-23)28(3,4)5)32-18-26(35)11-10-21-14-24(30)17-25(31)15-21/h6,8-9,14-17,20,26,32,35H,7,10-13,18-19H2,1-5H3,(H,33,36). The van der Waals surface area contributed by atoms with Crippen molar-refractivity contribution in [1.82, 2.24) is 15.5 Å². The van der Waals surface area contributed by atoms with Crippen LogP contribution in [-0.2, 0) is 17.4 Å². The number of piperidine rings is 1. The van der Waals surface area contributed by atoms with Crippen LogP contribution < -0.4 is 10.6 Å². The Bertz CT molecular complexity index is 1020. The normalized spacial score (nSPS) is 19.4. The Morgan fingerprint density at radius 3 is 2.47 bits per heavy atom. The Hall–Kier alpha value is -2.51. The van der Waals surface area contributed by atoms with E-state index in [0.717, 1.165) is 24.5 Å². The smallest absolute Gasteiger partial charge is 0.317 e. The highest BCUT2D eigenvalue weighted by atomic mass is 19.1. The van der Waals surface area contributed by atoms with Crippen LogP contribution in [0.2, 0.25) is 0 Å². The van der Waals surface area contributed by atoms with Crippen molar-refractivity contribution in [1.29, 1.82) is 0 Å². The molecule has 3 rings (SSSR count). The van der Waals surface area contributed by atoms with Crippen molar-refractivity contribution in [2.24, 2.45) is 0 Å². The quantitative estimate of drug-likeness (QED) is 0.463. The van der Waals surface area contributed by atoms with Gasteiger partial charge in [-0.25, -0.2) is 13.6 Å². The Kier molecular flexibility index (Phi) is 9.12. The van der Waals surface area contributed by atoms with Gasteiger partial charge in [0.05, 0.1) is 11.6 Å². The number of amides is 2. The SMILES string of the molecule is CC(C)NC(=O)N1CCCC(NCC(O)CCc2cc(F)cc(F)c2)(c2cccc(C(C)(C)C)c2)C1. The fraction of sp³-hybridized carbons (Fsp3) is 0.552. The summed E-state index contributed by atoms with van der Waals surface area (Å²) in [5.74, 6) is -1.23. The molecule has 0 aliphatic carbocycles. The van der Waals surface area contributed by atoms with E-state index in [1.54, 1.807) is 0 Å². The average molecular weight is 502 g/mol. The minimum absolute atomic E-state index is 0.0275. The first-order chi connectivity index (χ1) is 16.9. The zero-order valence-electron chi connectivity index (χ0n) is 22.2. The Morgan fingerprint density at radius 1 is 1.14 bits per heavy atom. The number of nitrogens with one attached hydrogen (secondary N) is 2. The van der Waals surface area contributed by atoms with Gasteiger partial charge in [-0.1, -0.05) is 45.0 Å². The molecule has 0 saturated carbocycles. The zero-order chi connectivity index (χ0) is 26.5. The number of carbonyl (C=O) groups excluding carboxylic acids is 1. The Morgan fingerprint density at radius 2 is 1.83 bits per heavy atom. The lowest BCUT2D eigenvalue weighted by atomic mass is 9.78. The maximum atomic E-state index is 13.5. The van der Waals surface area contributed by atoms with Gasteiger partial charge in [0.15, 0.2) is 0 Å². The van der Waals surface area contributed by atoms with Crippen LogP contribution in [0.25, 0.3) is 0 Å². The topological polar surface area (TPSA) is 64.6 Å². The van der Waals surface area contributed by atoms with Gasteiger partial charge in [0.1, 0.15) is 11.6 Å². The number of likely N-dealkylation sites (tertiary alicyclic amines) is 1. The molecule has 1 aliphatic rings. The number of hydrogen-bond donors (Lipinski definition) is 3. The molecule has 2 atom stereocenters. The summed E-state index contributed by atoms with van der Waals surface area (Å²) in [6.07, 6.45) is 1.68. The van der Waals surface area contributed by atoms with Crippen LogP contribution in [0.15, 0.2) is 42.5 Å². The number of halogens is 2. The number of carbonyl (C=O) groups is 1. The molecule has 198 valence electrons. The van der Waals surface area contributed by atoms with E-state index in [1.807, 2.05) is 18.7 Å². The molecule has 2 unspecified atom stereocenters. The summed E-state index contributed by atoms with van der Waals surface area (Å²) in [6.45, 7) is 11.9. The molecule has 0 radical (unpaired) electrons. The predicted octanol–water partition coefficient (Wildman–Crippen LogP) is 5.25. The molecule has 0 spiro atoms. The summed E-state index contributed by atoms with van der Waals surface area (Å²) < 4.78 is 27.1. The molecule has 7 heteroatoms. The number of aliphatic hydroxyl groups excluding tert-OH is 1. The van der Waals surface area contributed by atoms with Crippen LogP contribution in [0.3, 0.4) is 0 Å². The van der Waals surface area contributed by atoms with Crippen molar-refractivity contribution in [3.05, 3.63) is 70.8 Å². The monoisotopic (exact) mass is 501 g/mol. The third-order valence-electron chi connectivity index (χ3n) is 6.84. The van der Waals surface area contributed by atoms with Crippen molar-refractivity contribution >= 4 is 6.03 Å².